The summed E-state index contributed by atoms with van der Waals surface area (Å²) >= 11 is 7.34. The van der Waals surface area contributed by atoms with Gasteiger partial charge in [-0.1, -0.05) is 35.5 Å². The zero-order valence-electron chi connectivity index (χ0n) is 13.0. The van der Waals surface area contributed by atoms with Crippen molar-refractivity contribution >= 4 is 35.5 Å². The van der Waals surface area contributed by atoms with E-state index in [1.54, 1.807) is 11.6 Å². The number of benzene rings is 1. The van der Waals surface area contributed by atoms with Crippen molar-refractivity contribution in [2.24, 2.45) is 5.10 Å². The Labute approximate surface area is 151 Å². The van der Waals surface area contributed by atoms with E-state index in [9.17, 15) is 10.1 Å². The van der Waals surface area contributed by atoms with E-state index in [2.05, 4.69) is 15.3 Å². The lowest BCUT2D eigenvalue weighted by Gasteiger charge is -2.02. The highest BCUT2D eigenvalue weighted by atomic mass is 35.5. The van der Waals surface area contributed by atoms with Crippen molar-refractivity contribution in [2.45, 2.75) is 17.8 Å². The summed E-state index contributed by atoms with van der Waals surface area (Å²) in [6, 6.07) is 10.3. The van der Waals surface area contributed by atoms with Crippen LogP contribution in [-0.2, 0) is 5.75 Å². The van der Waals surface area contributed by atoms with Crippen LogP contribution in [0.25, 0.3) is 0 Å². The fourth-order valence-corrected chi connectivity index (χ4v) is 2.93. The molecule has 0 saturated heterocycles. The maximum Gasteiger partial charge on any atom is 0.433 e. The SMILES string of the molecule is Cc1nnc(SCc2ccc(Cl)cc2)n1/N=C\c1ccc([N+](=O)[O-])o1. The summed E-state index contributed by atoms with van der Waals surface area (Å²) in [5.74, 6) is 1.21. The van der Waals surface area contributed by atoms with Gasteiger partial charge in [-0.05, 0) is 30.7 Å². The normalized spacial score (nSPS) is 11.3. The van der Waals surface area contributed by atoms with Gasteiger partial charge in [0.1, 0.15) is 4.92 Å². The molecule has 0 saturated carbocycles. The summed E-state index contributed by atoms with van der Waals surface area (Å²) < 4.78 is 6.59. The number of halogens is 1. The molecule has 0 N–H and O–H groups in total. The average Bonchev–Trinajstić information content (AvgIpc) is 3.20. The van der Waals surface area contributed by atoms with Crippen molar-refractivity contribution in [3.05, 3.63) is 68.7 Å². The molecule has 0 aliphatic rings. The molecule has 3 aromatic rings. The van der Waals surface area contributed by atoms with Crippen LogP contribution >= 0.6 is 23.4 Å². The zero-order valence-corrected chi connectivity index (χ0v) is 14.6. The summed E-state index contributed by atoms with van der Waals surface area (Å²) in [6.45, 7) is 1.77. The second-order valence-electron chi connectivity index (χ2n) is 4.93. The van der Waals surface area contributed by atoms with E-state index in [1.807, 2.05) is 24.3 Å². The van der Waals surface area contributed by atoms with E-state index in [0.29, 0.717) is 21.8 Å². The van der Waals surface area contributed by atoms with Gasteiger partial charge in [0.15, 0.2) is 11.6 Å². The molecule has 0 aliphatic heterocycles. The molecule has 0 bridgehead atoms. The number of nitrogens with zero attached hydrogens (tertiary/aromatic N) is 5. The van der Waals surface area contributed by atoms with Crippen molar-refractivity contribution in [3.8, 4) is 0 Å². The van der Waals surface area contributed by atoms with E-state index in [4.69, 9.17) is 16.0 Å². The molecule has 25 heavy (non-hydrogen) atoms. The van der Waals surface area contributed by atoms with Gasteiger partial charge >= 0.3 is 5.88 Å². The topological polar surface area (TPSA) is 99.3 Å². The van der Waals surface area contributed by atoms with Gasteiger partial charge in [-0.3, -0.25) is 10.1 Å². The predicted molar refractivity (Wildman–Crippen MR) is 94.1 cm³/mol. The molecule has 3 rings (SSSR count). The Bertz CT molecular complexity index is 920. The quantitative estimate of drug-likeness (QED) is 0.279. The lowest BCUT2D eigenvalue weighted by molar-refractivity contribution is -0.402. The molecule has 1 aromatic carbocycles. The predicted octanol–water partition coefficient (Wildman–Crippen LogP) is 3.92. The highest BCUT2D eigenvalue weighted by molar-refractivity contribution is 7.98. The van der Waals surface area contributed by atoms with E-state index in [1.165, 1.54) is 30.1 Å². The van der Waals surface area contributed by atoms with Gasteiger partial charge in [0, 0.05) is 10.8 Å². The van der Waals surface area contributed by atoms with E-state index < -0.39 is 4.92 Å². The number of rotatable bonds is 6. The van der Waals surface area contributed by atoms with Crippen LogP contribution in [0.2, 0.25) is 5.02 Å². The maximum absolute atomic E-state index is 10.6. The third-order valence-corrected chi connectivity index (χ3v) is 4.38. The van der Waals surface area contributed by atoms with E-state index in [0.717, 1.165) is 5.56 Å². The molecule has 0 spiro atoms. The monoisotopic (exact) mass is 377 g/mol. The number of nitro groups is 1. The molecule has 2 aromatic heterocycles. The fourth-order valence-electron chi connectivity index (χ4n) is 1.91. The van der Waals surface area contributed by atoms with Gasteiger partial charge < -0.3 is 4.42 Å². The van der Waals surface area contributed by atoms with Crippen LogP contribution in [0.5, 0.6) is 0 Å². The molecule has 0 fully saturated rings. The number of thioether (sulfide) groups is 1. The largest absolute Gasteiger partial charge is 0.433 e. The Morgan fingerprint density at radius 1 is 1.32 bits per heavy atom. The van der Waals surface area contributed by atoms with Crippen LogP contribution < -0.4 is 0 Å². The summed E-state index contributed by atoms with van der Waals surface area (Å²) in [4.78, 5) is 10.0. The first-order valence-electron chi connectivity index (χ1n) is 7.11. The van der Waals surface area contributed by atoms with Crippen molar-refractivity contribution in [1.82, 2.24) is 14.9 Å². The molecule has 0 unspecified atom stereocenters. The third-order valence-electron chi connectivity index (χ3n) is 3.14. The lowest BCUT2D eigenvalue weighted by Crippen LogP contribution is -1.96. The van der Waals surface area contributed by atoms with Crippen LogP contribution in [-0.4, -0.2) is 26.0 Å². The minimum Gasteiger partial charge on any atom is -0.400 e. The zero-order chi connectivity index (χ0) is 17.8. The third kappa shape index (κ3) is 4.25. The van der Waals surface area contributed by atoms with Crippen molar-refractivity contribution in [2.75, 3.05) is 0 Å². The summed E-state index contributed by atoms with van der Waals surface area (Å²) in [7, 11) is 0. The number of furan rings is 1. The molecule has 0 amide bonds. The Morgan fingerprint density at radius 2 is 2.08 bits per heavy atom. The first kappa shape index (κ1) is 17.2. The Hall–Kier alpha value is -2.65. The number of hydrogen-bond acceptors (Lipinski definition) is 7. The number of aromatic nitrogens is 3. The highest BCUT2D eigenvalue weighted by Gasteiger charge is 2.12. The average molecular weight is 378 g/mol. The van der Waals surface area contributed by atoms with Gasteiger partial charge in [-0.15, -0.1) is 10.2 Å². The Balaban J connectivity index is 1.73. The molecule has 0 atom stereocenters. The van der Waals surface area contributed by atoms with Crippen molar-refractivity contribution < 1.29 is 9.34 Å². The fraction of sp³-hybridized carbons (Fsp3) is 0.133. The first-order chi connectivity index (χ1) is 12.0. The summed E-state index contributed by atoms with van der Waals surface area (Å²) in [5.41, 5.74) is 1.09. The van der Waals surface area contributed by atoms with Crippen molar-refractivity contribution in [3.63, 3.8) is 0 Å². The molecular formula is C15H12ClN5O3S. The van der Waals surface area contributed by atoms with Crippen LogP contribution in [0.1, 0.15) is 17.1 Å². The molecule has 128 valence electrons. The molecule has 2 heterocycles. The smallest absolute Gasteiger partial charge is 0.400 e. The Morgan fingerprint density at radius 3 is 2.76 bits per heavy atom. The van der Waals surface area contributed by atoms with Crippen LogP contribution in [0.3, 0.4) is 0 Å². The second kappa shape index (κ2) is 7.49. The highest BCUT2D eigenvalue weighted by Crippen LogP contribution is 2.23. The number of aryl methyl sites for hydroxylation is 1. The van der Waals surface area contributed by atoms with E-state index >= 15 is 0 Å². The molecular weight excluding hydrogens is 366 g/mol. The summed E-state index contributed by atoms with van der Waals surface area (Å²) in [5, 5.41) is 24.3. The molecule has 0 aliphatic carbocycles. The lowest BCUT2D eigenvalue weighted by atomic mass is 10.2. The van der Waals surface area contributed by atoms with Gasteiger partial charge in [-0.25, -0.2) is 0 Å². The number of hydrogen-bond donors (Lipinski definition) is 0. The standard InChI is InChI=1S/C15H12ClN5O3S/c1-10-18-19-15(25-9-11-2-4-12(16)5-3-11)20(10)17-8-13-6-7-14(24-13)21(22)23/h2-8H,9H2,1H3/b17-8-. The van der Waals surface area contributed by atoms with Gasteiger partial charge in [-0.2, -0.15) is 9.78 Å². The maximum atomic E-state index is 10.6. The summed E-state index contributed by atoms with van der Waals surface area (Å²) in [6.07, 6.45) is 1.38. The van der Waals surface area contributed by atoms with E-state index in [-0.39, 0.29) is 11.6 Å². The van der Waals surface area contributed by atoms with Gasteiger partial charge in [0.05, 0.1) is 12.3 Å². The minimum absolute atomic E-state index is 0.272. The minimum atomic E-state index is -0.602. The van der Waals surface area contributed by atoms with Crippen LogP contribution in [0, 0.1) is 17.0 Å². The molecule has 0 radical (unpaired) electrons. The molecule has 10 heteroatoms. The van der Waals surface area contributed by atoms with Crippen LogP contribution in [0.15, 0.2) is 51.1 Å². The first-order valence-corrected chi connectivity index (χ1v) is 8.47. The molecule has 8 nitrogen and oxygen atoms in total. The van der Waals surface area contributed by atoms with Gasteiger partial charge in [0.2, 0.25) is 5.16 Å². The Kier molecular flexibility index (Phi) is 5.15. The van der Waals surface area contributed by atoms with Crippen LogP contribution in [0.4, 0.5) is 5.88 Å². The van der Waals surface area contributed by atoms with Gasteiger partial charge in [0.25, 0.3) is 0 Å². The van der Waals surface area contributed by atoms with Crippen molar-refractivity contribution in [1.29, 1.82) is 0 Å². The second-order valence-corrected chi connectivity index (χ2v) is 6.31.